The summed E-state index contributed by atoms with van der Waals surface area (Å²) in [6.07, 6.45) is 2.43. The van der Waals surface area contributed by atoms with Gasteiger partial charge in [0.25, 0.3) is 0 Å². The molecule has 0 N–H and O–H groups in total. The van der Waals surface area contributed by atoms with Gasteiger partial charge in [-0.05, 0) is 35.6 Å². The van der Waals surface area contributed by atoms with Gasteiger partial charge >= 0.3 is 0 Å². The molecule has 4 nitrogen and oxygen atoms in total. The summed E-state index contributed by atoms with van der Waals surface area (Å²) in [5, 5.41) is 10.1. The maximum Gasteiger partial charge on any atom is 0.172 e. The van der Waals surface area contributed by atoms with Crippen LogP contribution in [0.2, 0.25) is 0 Å². The van der Waals surface area contributed by atoms with Gasteiger partial charge in [0.2, 0.25) is 0 Å². The minimum atomic E-state index is 0.406. The Balaban J connectivity index is 2.01. The third kappa shape index (κ3) is 2.78. The molecule has 0 bridgehead atoms. The van der Waals surface area contributed by atoms with Crippen molar-refractivity contribution < 1.29 is 4.79 Å². The van der Waals surface area contributed by atoms with E-state index in [1.807, 2.05) is 23.6 Å². The van der Waals surface area contributed by atoms with Crippen LogP contribution in [0.25, 0.3) is 5.69 Å². The zero-order valence-electron chi connectivity index (χ0n) is 11.7. The molecule has 106 valence electrons. The second-order valence-electron chi connectivity index (χ2n) is 4.73. The predicted molar refractivity (Wildman–Crippen MR) is 83.2 cm³/mol. The fraction of sp³-hybridized carbons (Fsp3) is 0.188. The molecular weight excluding hydrogens is 282 g/mol. The molecular formula is C16H15N3OS. The molecule has 0 spiro atoms. The van der Waals surface area contributed by atoms with Crippen molar-refractivity contribution in [3.05, 3.63) is 63.6 Å². The van der Waals surface area contributed by atoms with Gasteiger partial charge in [0, 0.05) is 11.3 Å². The van der Waals surface area contributed by atoms with Crippen LogP contribution in [0.15, 0.2) is 41.8 Å². The van der Waals surface area contributed by atoms with Crippen LogP contribution in [0, 0.1) is 0 Å². The van der Waals surface area contributed by atoms with E-state index in [0.29, 0.717) is 12.1 Å². The highest BCUT2D eigenvalue weighted by Crippen LogP contribution is 2.19. The lowest BCUT2D eigenvalue weighted by Crippen LogP contribution is -2.04. The highest BCUT2D eigenvalue weighted by molar-refractivity contribution is 7.09. The first kappa shape index (κ1) is 13.7. The fourth-order valence-corrected chi connectivity index (χ4v) is 2.94. The number of aromatic nitrogens is 3. The summed E-state index contributed by atoms with van der Waals surface area (Å²) < 4.78 is 1.75. The van der Waals surface area contributed by atoms with Crippen LogP contribution in [0.4, 0.5) is 0 Å². The van der Waals surface area contributed by atoms with Crippen molar-refractivity contribution in [2.45, 2.75) is 19.8 Å². The number of carbonyl (C=O) groups excluding carboxylic acids is 1. The van der Waals surface area contributed by atoms with Gasteiger partial charge in [-0.3, -0.25) is 4.79 Å². The lowest BCUT2D eigenvalue weighted by molar-refractivity contribution is 0.111. The zero-order valence-corrected chi connectivity index (χ0v) is 12.5. The molecule has 0 unspecified atom stereocenters. The topological polar surface area (TPSA) is 47.8 Å². The summed E-state index contributed by atoms with van der Waals surface area (Å²) in [6.45, 7) is 2.12. The van der Waals surface area contributed by atoms with Gasteiger partial charge < -0.3 is 0 Å². The van der Waals surface area contributed by atoms with E-state index in [1.54, 1.807) is 16.0 Å². The second-order valence-corrected chi connectivity index (χ2v) is 5.76. The minimum absolute atomic E-state index is 0.406. The summed E-state index contributed by atoms with van der Waals surface area (Å²) in [5.74, 6) is 0. The molecule has 0 amide bonds. The Bertz CT molecular complexity index is 729. The third-order valence-electron chi connectivity index (χ3n) is 3.42. The zero-order chi connectivity index (χ0) is 14.7. The summed E-state index contributed by atoms with van der Waals surface area (Å²) in [7, 11) is 0. The van der Waals surface area contributed by atoms with Gasteiger partial charge in [0.1, 0.15) is 5.69 Å². The predicted octanol–water partition coefficient (Wildman–Crippen LogP) is 3.29. The molecule has 21 heavy (non-hydrogen) atoms. The van der Waals surface area contributed by atoms with E-state index in [4.69, 9.17) is 0 Å². The van der Waals surface area contributed by atoms with Crippen LogP contribution in [0.3, 0.4) is 0 Å². The largest absolute Gasteiger partial charge is 0.296 e. The number of carbonyl (C=O) groups is 1. The number of nitrogens with zero attached hydrogens (tertiary/aromatic N) is 3. The molecule has 0 aliphatic carbocycles. The SMILES string of the molecule is CCc1ccc(-n2nnc(C=O)c2Cc2cccs2)cc1. The Hall–Kier alpha value is -2.27. The molecule has 3 rings (SSSR count). The van der Waals surface area contributed by atoms with Gasteiger partial charge in [-0.15, -0.1) is 16.4 Å². The number of hydrogen-bond donors (Lipinski definition) is 0. The second kappa shape index (κ2) is 6.01. The van der Waals surface area contributed by atoms with E-state index >= 15 is 0 Å². The van der Waals surface area contributed by atoms with Crippen molar-refractivity contribution in [1.82, 2.24) is 15.0 Å². The maximum atomic E-state index is 11.2. The molecule has 0 radical (unpaired) electrons. The average Bonchev–Trinajstić information content (AvgIpc) is 3.17. The number of hydrogen-bond acceptors (Lipinski definition) is 4. The standard InChI is InChI=1S/C16H15N3OS/c1-2-12-5-7-13(8-6-12)19-16(15(11-20)17-18-19)10-14-4-3-9-21-14/h3-9,11H,2,10H2,1H3. The maximum absolute atomic E-state index is 11.2. The van der Waals surface area contributed by atoms with Crippen molar-refractivity contribution in [3.63, 3.8) is 0 Å². The summed E-state index contributed by atoms with van der Waals surface area (Å²) in [6, 6.07) is 12.2. The van der Waals surface area contributed by atoms with Crippen molar-refractivity contribution in [2.75, 3.05) is 0 Å². The molecule has 0 fully saturated rings. The van der Waals surface area contributed by atoms with Crippen LogP contribution in [0.1, 0.15) is 33.5 Å². The molecule has 0 saturated heterocycles. The summed E-state index contributed by atoms with van der Waals surface area (Å²) >= 11 is 1.67. The van der Waals surface area contributed by atoms with Gasteiger partial charge in [0.15, 0.2) is 6.29 Å². The van der Waals surface area contributed by atoms with Crippen LogP contribution in [-0.2, 0) is 12.8 Å². The molecule has 5 heteroatoms. The van der Waals surface area contributed by atoms with Crippen molar-refractivity contribution in [1.29, 1.82) is 0 Å². The van der Waals surface area contributed by atoms with E-state index in [2.05, 4.69) is 35.4 Å². The first-order valence-electron chi connectivity index (χ1n) is 6.83. The van der Waals surface area contributed by atoms with E-state index in [1.165, 1.54) is 10.4 Å². The van der Waals surface area contributed by atoms with Crippen LogP contribution in [0.5, 0.6) is 0 Å². The Morgan fingerprint density at radius 2 is 2.05 bits per heavy atom. The van der Waals surface area contributed by atoms with Crippen molar-refractivity contribution >= 4 is 17.6 Å². The van der Waals surface area contributed by atoms with Gasteiger partial charge in [0.05, 0.1) is 11.4 Å². The normalized spacial score (nSPS) is 10.7. The van der Waals surface area contributed by atoms with E-state index in [9.17, 15) is 4.79 Å². The monoisotopic (exact) mass is 297 g/mol. The minimum Gasteiger partial charge on any atom is -0.296 e. The number of rotatable bonds is 5. The van der Waals surface area contributed by atoms with Crippen LogP contribution in [-0.4, -0.2) is 21.3 Å². The quantitative estimate of drug-likeness (QED) is 0.679. The molecule has 2 heterocycles. The molecule has 3 aromatic rings. The molecule has 0 aliphatic heterocycles. The number of thiophene rings is 1. The number of benzene rings is 1. The number of aldehydes is 1. The number of aryl methyl sites for hydroxylation is 1. The van der Waals surface area contributed by atoms with Gasteiger partial charge in [-0.25, -0.2) is 4.68 Å². The Morgan fingerprint density at radius 1 is 1.24 bits per heavy atom. The van der Waals surface area contributed by atoms with Gasteiger partial charge in [-0.1, -0.05) is 30.3 Å². The first-order valence-corrected chi connectivity index (χ1v) is 7.71. The van der Waals surface area contributed by atoms with Crippen LogP contribution < -0.4 is 0 Å². The highest BCUT2D eigenvalue weighted by atomic mass is 32.1. The van der Waals surface area contributed by atoms with Gasteiger partial charge in [-0.2, -0.15) is 0 Å². The van der Waals surface area contributed by atoms with Crippen LogP contribution >= 0.6 is 11.3 Å². The summed E-state index contributed by atoms with van der Waals surface area (Å²) in [5.41, 5.74) is 3.44. The van der Waals surface area contributed by atoms with E-state index in [0.717, 1.165) is 24.1 Å². The molecule has 0 atom stereocenters. The Labute approximate surface area is 127 Å². The lowest BCUT2D eigenvalue weighted by Gasteiger charge is -2.07. The lowest BCUT2D eigenvalue weighted by atomic mass is 10.1. The average molecular weight is 297 g/mol. The Kier molecular flexibility index (Phi) is 3.92. The Morgan fingerprint density at radius 3 is 2.67 bits per heavy atom. The molecule has 0 saturated carbocycles. The molecule has 0 aliphatic rings. The first-order chi connectivity index (χ1) is 10.3. The van der Waals surface area contributed by atoms with E-state index in [-0.39, 0.29) is 0 Å². The summed E-state index contributed by atoms with van der Waals surface area (Å²) in [4.78, 5) is 12.4. The van der Waals surface area contributed by atoms with Crippen molar-refractivity contribution in [3.8, 4) is 5.69 Å². The molecule has 1 aromatic carbocycles. The third-order valence-corrected chi connectivity index (χ3v) is 4.29. The smallest absolute Gasteiger partial charge is 0.172 e. The van der Waals surface area contributed by atoms with E-state index < -0.39 is 0 Å². The highest BCUT2D eigenvalue weighted by Gasteiger charge is 2.14. The molecule has 2 aromatic heterocycles. The van der Waals surface area contributed by atoms with Crippen molar-refractivity contribution in [2.24, 2.45) is 0 Å². The fourth-order valence-electron chi connectivity index (χ4n) is 2.23.